The van der Waals surface area contributed by atoms with E-state index in [1.807, 2.05) is 36.2 Å². The van der Waals surface area contributed by atoms with E-state index in [-0.39, 0.29) is 12.5 Å². The molecule has 0 unspecified atom stereocenters. The fourth-order valence-electron chi connectivity index (χ4n) is 2.69. The Bertz CT molecular complexity index is 457. The summed E-state index contributed by atoms with van der Waals surface area (Å²) >= 11 is 0. The number of nitrogens with one attached hydrogen (secondary N) is 1. The third kappa shape index (κ3) is 4.27. The highest BCUT2D eigenvalue weighted by Gasteiger charge is 2.23. The molecule has 2 rings (SSSR count). The molecule has 1 aliphatic heterocycles. The van der Waals surface area contributed by atoms with Gasteiger partial charge in [0.15, 0.2) is 0 Å². The maximum absolute atomic E-state index is 12.7. The first-order chi connectivity index (χ1) is 10.3. The molecular formula is C16H25N3O2. The number of piperazine rings is 1. The molecule has 0 radical (unpaired) electrons. The van der Waals surface area contributed by atoms with Crippen LogP contribution in [-0.2, 0) is 6.42 Å². The number of carbonyl (C=O) groups excluding carboxylic acids is 1. The topological polar surface area (TPSA) is 55.8 Å². The minimum atomic E-state index is 0.130. The number of rotatable bonds is 6. The van der Waals surface area contributed by atoms with Crippen LogP contribution in [0.3, 0.4) is 0 Å². The van der Waals surface area contributed by atoms with Gasteiger partial charge >= 0.3 is 0 Å². The van der Waals surface area contributed by atoms with E-state index in [1.54, 1.807) is 0 Å². The first-order valence-corrected chi connectivity index (χ1v) is 7.61. The summed E-state index contributed by atoms with van der Waals surface area (Å²) in [5.74, 6) is 0.130. The van der Waals surface area contributed by atoms with Crippen LogP contribution in [0.2, 0.25) is 0 Å². The van der Waals surface area contributed by atoms with E-state index in [0.717, 1.165) is 50.3 Å². The fourth-order valence-corrected chi connectivity index (χ4v) is 2.69. The lowest BCUT2D eigenvalue weighted by Crippen LogP contribution is -2.49. The fraction of sp³-hybridized carbons (Fsp3) is 0.562. The average molecular weight is 291 g/mol. The number of hydrogen-bond donors (Lipinski definition) is 2. The van der Waals surface area contributed by atoms with E-state index in [4.69, 9.17) is 5.11 Å². The summed E-state index contributed by atoms with van der Waals surface area (Å²) in [5, 5.41) is 12.1. The van der Waals surface area contributed by atoms with Crippen molar-refractivity contribution in [1.29, 1.82) is 0 Å². The van der Waals surface area contributed by atoms with Gasteiger partial charge < -0.3 is 15.3 Å². The summed E-state index contributed by atoms with van der Waals surface area (Å²) in [6.45, 7) is 4.89. The van der Waals surface area contributed by atoms with Crippen molar-refractivity contribution in [3.63, 3.8) is 0 Å². The van der Waals surface area contributed by atoms with E-state index in [0.29, 0.717) is 6.54 Å². The smallest absolute Gasteiger partial charge is 0.254 e. The molecule has 5 heteroatoms. The van der Waals surface area contributed by atoms with Gasteiger partial charge in [-0.15, -0.1) is 0 Å². The van der Waals surface area contributed by atoms with Gasteiger partial charge in [-0.25, -0.2) is 0 Å². The lowest BCUT2D eigenvalue weighted by molar-refractivity contribution is 0.0614. The number of hydrogen-bond acceptors (Lipinski definition) is 4. The van der Waals surface area contributed by atoms with Crippen molar-refractivity contribution < 1.29 is 9.90 Å². The first kappa shape index (κ1) is 15.9. The second-order valence-corrected chi connectivity index (χ2v) is 5.37. The maximum Gasteiger partial charge on any atom is 0.254 e. The SMILES string of the molecule is CNCCc1ccccc1C(=O)N1CCN(CCO)CC1. The molecule has 0 bridgehead atoms. The lowest BCUT2D eigenvalue weighted by Gasteiger charge is -2.34. The predicted octanol–water partition coefficient (Wildman–Crippen LogP) is 0.199. The Kier molecular flexibility index (Phi) is 6.17. The van der Waals surface area contributed by atoms with Crippen molar-refractivity contribution >= 4 is 5.91 Å². The molecule has 5 nitrogen and oxygen atoms in total. The largest absolute Gasteiger partial charge is 0.395 e. The van der Waals surface area contributed by atoms with E-state index in [2.05, 4.69) is 10.2 Å². The van der Waals surface area contributed by atoms with Crippen LogP contribution in [0.25, 0.3) is 0 Å². The van der Waals surface area contributed by atoms with Crippen LogP contribution < -0.4 is 5.32 Å². The highest BCUT2D eigenvalue weighted by Crippen LogP contribution is 2.14. The number of likely N-dealkylation sites (N-methyl/N-ethyl adjacent to an activating group) is 1. The zero-order chi connectivity index (χ0) is 15.1. The number of β-amino-alcohol motifs (C(OH)–C–C–N with tert-alkyl or cyclic N) is 1. The Labute approximate surface area is 126 Å². The molecule has 0 spiro atoms. The Morgan fingerprint density at radius 1 is 1.24 bits per heavy atom. The maximum atomic E-state index is 12.7. The zero-order valence-corrected chi connectivity index (χ0v) is 12.7. The molecule has 116 valence electrons. The minimum Gasteiger partial charge on any atom is -0.395 e. The Morgan fingerprint density at radius 3 is 2.62 bits per heavy atom. The molecule has 0 atom stereocenters. The van der Waals surface area contributed by atoms with Gasteiger partial charge in [0.25, 0.3) is 5.91 Å². The van der Waals surface area contributed by atoms with Gasteiger partial charge in [0.2, 0.25) is 0 Å². The zero-order valence-electron chi connectivity index (χ0n) is 12.7. The summed E-state index contributed by atoms with van der Waals surface area (Å²) in [4.78, 5) is 16.8. The molecule has 0 aliphatic carbocycles. The monoisotopic (exact) mass is 291 g/mol. The molecule has 1 aliphatic rings. The normalized spacial score (nSPS) is 16.2. The van der Waals surface area contributed by atoms with Gasteiger partial charge in [0, 0.05) is 38.3 Å². The van der Waals surface area contributed by atoms with Gasteiger partial charge in [-0.2, -0.15) is 0 Å². The first-order valence-electron chi connectivity index (χ1n) is 7.61. The molecule has 1 aromatic carbocycles. The number of aliphatic hydroxyl groups is 1. The van der Waals surface area contributed by atoms with Crippen molar-refractivity contribution in [2.45, 2.75) is 6.42 Å². The van der Waals surface area contributed by atoms with E-state index < -0.39 is 0 Å². The molecule has 0 saturated carbocycles. The molecule has 1 saturated heterocycles. The Balaban J connectivity index is 2.00. The third-order valence-corrected chi connectivity index (χ3v) is 3.97. The number of carbonyl (C=O) groups is 1. The number of amides is 1. The van der Waals surface area contributed by atoms with E-state index in [1.165, 1.54) is 0 Å². The summed E-state index contributed by atoms with van der Waals surface area (Å²) in [5.41, 5.74) is 1.93. The van der Waals surface area contributed by atoms with Crippen LogP contribution in [0.1, 0.15) is 15.9 Å². The lowest BCUT2D eigenvalue weighted by atomic mass is 10.0. The van der Waals surface area contributed by atoms with Crippen molar-refractivity contribution in [1.82, 2.24) is 15.1 Å². The number of nitrogens with zero attached hydrogens (tertiary/aromatic N) is 2. The highest BCUT2D eigenvalue weighted by molar-refractivity contribution is 5.95. The summed E-state index contributed by atoms with van der Waals surface area (Å²) in [6.07, 6.45) is 0.864. The van der Waals surface area contributed by atoms with Gasteiger partial charge in [-0.1, -0.05) is 18.2 Å². The Hall–Kier alpha value is -1.43. The molecule has 1 aromatic rings. The second-order valence-electron chi connectivity index (χ2n) is 5.37. The molecule has 2 N–H and O–H groups in total. The van der Waals surface area contributed by atoms with E-state index >= 15 is 0 Å². The van der Waals surface area contributed by atoms with Crippen LogP contribution in [0, 0.1) is 0 Å². The van der Waals surface area contributed by atoms with Gasteiger partial charge in [-0.3, -0.25) is 9.69 Å². The van der Waals surface area contributed by atoms with Crippen LogP contribution in [0.5, 0.6) is 0 Å². The van der Waals surface area contributed by atoms with Crippen LogP contribution in [-0.4, -0.2) is 73.7 Å². The van der Waals surface area contributed by atoms with Crippen LogP contribution in [0.15, 0.2) is 24.3 Å². The van der Waals surface area contributed by atoms with E-state index in [9.17, 15) is 4.79 Å². The average Bonchev–Trinajstić information content (AvgIpc) is 2.53. The molecule has 21 heavy (non-hydrogen) atoms. The summed E-state index contributed by atoms with van der Waals surface area (Å²) in [6, 6.07) is 7.87. The third-order valence-electron chi connectivity index (χ3n) is 3.97. The van der Waals surface area contributed by atoms with Crippen LogP contribution in [0.4, 0.5) is 0 Å². The standard InChI is InChI=1S/C16H25N3O2/c1-17-7-6-14-4-2-3-5-15(14)16(21)19-10-8-18(9-11-19)12-13-20/h2-5,17,20H,6-13H2,1H3. The van der Waals surface area contributed by atoms with Gasteiger partial charge in [-0.05, 0) is 31.6 Å². The molecule has 1 amide bonds. The summed E-state index contributed by atoms with van der Waals surface area (Å²) < 4.78 is 0. The molecular weight excluding hydrogens is 266 g/mol. The van der Waals surface area contributed by atoms with Crippen molar-refractivity contribution in [3.05, 3.63) is 35.4 Å². The number of aliphatic hydroxyl groups excluding tert-OH is 1. The van der Waals surface area contributed by atoms with Crippen molar-refractivity contribution in [3.8, 4) is 0 Å². The molecule has 1 fully saturated rings. The van der Waals surface area contributed by atoms with Gasteiger partial charge in [0.05, 0.1) is 6.61 Å². The van der Waals surface area contributed by atoms with Crippen LogP contribution >= 0.6 is 0 Å². The molecule has 1 heterocycles. The summed E-state index contributed by atoms with van der Waals surface area (Å²) in [7, 11) is 1.92. The van der Waals surface area contributed by atoms with Gasteiger partial charge in [0.1, 0.15) is 0 Å². The highest BCUT2D eigenvalue weighted by atomic mass is 16.3. The number of benzene rings is 1. The minimum absolute atomic E-state index is 0.130. The Morgan fingerprint density at radius 2 is 1.95 bits per heavy atom. The molecule has 0 aromatic heterocycles. The quantitative estimate of drug-likeness (QED) is 0.786. The second kappa shape index (κ2) is 8.12. The van der Waals surface area contributed by atoms with Crippen molar-refractivity contribution in [2.75, 3.05) is 52.9 Å². The van der Waals surface area contributed by atoms with Crippen molar-refractivity contribution in [2.24, 2.45) is 0 Å². The predicted molar refractivity (Wildman–Crippen MR) is 83.5 cm³/mol.